The van der Waals surface area contributed by atoms with Gasteiger partial charge in [-0.15, -0.1) is 0 Å². The molecule has 1 saturated carbocycles. The molecule has 1 fully saturated rings. The zero-order valence-corrected chi connectivity index (χ0v) is 13.0. The van der Waals surface area contributed by atoms with Crippen molar-refractivity contribution in [3.05, 3.63) is 23.8 Å². The van der Waals surface area contributed by atoms with Gasteiger partial charge in [0.15, 0.2) is 11.5 Å². The van der Waals surface area contributed by atoms with E-state index in [2.05, 4.69) is 0 Å². The molecule has 0 saturated heterocycles. The van der Waals surface area contributed by atoms with Crippen LogP contribution < -0.4 is 15.2 Å². The number of aliphatic hydroxyl groups is 1. The first kappa shape index (κ1) is 16.1. The molecule has 4 nitrogen and oxygen atoms in total. The van der Waals surface area contributed by atoms with E-state index in [-0.39, 0.29) is 6.04 Å². The minimum Gasteiger partial charge on any atom is -0.493 e. The number of methoxy groups -OCH3 is 1. The van der Waals surface area contributed by atoms with Gasteiger partial charge >= 0.3 is 0 Å². The van der Waals surface area contributed by atoms with Crippen LogP contribution in [0.2, 0.25) is 0 Å². The maximum Gasteiger partial charge on any atom is 0.161 e. The van der Waals surface area contributed by atoms with Gasteiger partial charge in [-0.3, -0.25) is 0 Å². The van der Waals surface area contributed by atoms with Crippen LogP contribution in [0.3, 0.4) is 0 Å². The molecule has 0 aromatic heterocycles. The Kier molecular flexibility index (Phi) is 5.88. The lowest BCUT2D eigenvalue weighted by molar-refractivity contribution is 0.0842. The molecule has 21 heavy (non-hydrogen) atoms. The Balaban J connectivity index is 1.89. The van der Waals surface area contributed by atoms with E-state index >= 15 is 0 Å². The van der Waals surface area contributed by atoms with E-state index in [0.29, 0.717) is 24.0 Å². The van der Waals surface area contributed by atoms with Crippen LogP contribution in [-0.4, -0.2) is 24.9 Å². The Morgan fingerprint density at radius 3 is 2.62 bits per heavy atom. The van der Waals surface area contributed by atoms with Gasteiger partial charge in [-0.05, 0) is 37.0 Å². The Hall–Kier alpha value is -1.26. The van der Waals surface area contributed by atoms with Crippen molar-refractivity contribution in [3.63, 3.8) is 0 Å². The van der Waals surface area contributed by atoms with E-state index in [0.717, 1.165) is 12.0 Å². The molecule has 1 aliphatic carbocycles. The summed E-state index contributed by atoms with van der Waals surface area (Å²) in [6.45, 7) is 2.24. The summed E-state index contributed by atoms with van der Waals surface area (Å²) in [7, 11) is 1.61. The summed E-state index contributed by atoms with van der Waals surface area (Å²) in [5.41, 5.74) is 6.87. The van der Waals surface area contributed by atoms with Crippen molar-refractivity contribution in [1.82, 2.24) is 0 Å². The lowest BCUT2D eigenvalue weighted by Gasteiger charge is -2.18. The van der Waals surface area contributed by atoms with Crippen LogP contribution in [0.1, 0.15) is 50.6 Å². The van der Waals surface area contributed by atoms with Gasteiger partial charge < -0.3 is 20.3 Å². The van der Waals surface area contributed by atoms with E-state index < -0.39 is 6.10 Å². The lowest BCUT2D eigenvalue weighted by Crippen LogP contribution is -2.20. The summed E-state index contributed by atoms with van der Waals surface area (Å²) in [6, 6.07) is 5.65. The predicted octanol–water partition coefficient (Wildman–Crippen LogP) is 3.03. The molecule has 1 aliphatic rings. The smallest absolute Gasteiger partial charge is 0.161 e. The topological polar surface area (TPSA) is 64.7 Å². The molecule has 2 rings (SSSR count). The molecule has 1 unspecified atom stereocenters. The van der Waals surface area contributed by atoms with Gasteiger partial charge in [0.25, 0.3) is 0 Å². The Morgan fingerprint density at radius 2 is 2.00 bits per heavy atom. The molecule has 1 aromatic carbocycles. The lowest BCUT2D eigenvalue weighted by atomic mass is 10.0. The predicted molar refractivity (Wildman–Crippen MR) is 83.7 cm³/mol. The van der Waals surface area contributed by atoms with Gasteiger partial charge in [-0.2, -0.15) is 0 Å². The average molecular weight is 293 g/mol. The quantitative estimate of drug-likeness (QED) is 0.811. The van der Waals surface area contributed by atoms with Gasteiger partial charge in [0.2, 0.25) is 0 Å². The monoisotopic (exact) mass is 293 g/mol. The summed E-state index contributed by atoms with van der Waals surface area (Å²) in [6.07, 6.45) is 5.49. The molecule has 4 heteroatoms. The highest BCUT2D eigenvalue weighted by Crippen LogP contribution is 2.31. The highest BCUT2D eigenvalue weighted by Gasteiger charge is 2.19. The molecule has 0 bridgehead atoms. The number of ether oxygens (including phenoxy) is 2. The highest BCUT2D eigenvalue weighted by atomic mass is 16.5. The Morgan fingerprint density at radius 1 is 1.29 bits per heavy atom. The maximum absolute atomic E-state index is 10.1. The standard InChI is InChI=1S/C17H27NO3/c1-12(18)14-7-8-16(17(10-14)20-2)21-11-15(19)9-13-5-3-4-6-13/h7-8,10,12-13,15,19H,3-6,9,11,18H2,1-2H3/t12-,15?/m0/s1. The molecule has 0 spiro atoms. The molecule has 0 aliphatic heterocycles. The zero-order valence-electron chi connectivity index (χ0n) is 13.0. The first-order chi connectivity index (χ1) is 10.1. The molecule has 0 radical (unpaired) electrons. The van der Waals surface area contributed by atoms with Crippen LogP contribution in [0.4, 0.5) is 0 Å². The molecule has 0 amide bonds. The van der Waals surface area contributed by atoms with Crippen molar-refractivity contribution in [2.75, 3.05) is 13.7 Å². The molecule has 0 heterocycles. The summed E-state index contributed by atoms with van der Waals surface area (Å²) in [5.74, 6) is 1.98. The second-order valence-electron chi connectivity index (χ2n) is 6.05. The first-order valence-electron chi connectivity index (χ1n) is 7.84. The second kappa shape index (κ2) is 7.66. The molecular formula is C17H27NO3. The third kappa shape index (κ3) is 4.61. The fourth-order valence-corrected chi connectivity index (χ4v) is 2.97. The van der Waals surface area contributed by atoms with Crippen LogP contribution >= 0.6 is 0 Å². The Labute approximate surface area is 127 Å². The number of rotatable bonds is 7. The number of hydrogen-bond donors (Lipinski definition) is 2. The van der Waals surface area contributed by atoms with E-state index in [9.17, 15) is 5.11 Å². The minimum absolute atomic E-state index is 0.0408. The zero-order chi connectivity index (χ0) is 15.2. The van der Waals surface area contributed by atoms with Gasteiger partial charge in [-0.1, -0.05) is 31.7 Å². The number of hydrogen-bond acceptors (Lipinski definition) is 4. The average Bonchev–Trinajstić information content (AvgIpc) is 2.97. The third-order valence-electron chi connectivity index (χ3n) is 4.22. The van der Waals surface area contributed by atoms with Crippen molar-refractivity contribution >= 4 is 0 Å². The molecule has 118 valence electrons. The van der Waals surface area contributed by atoms with Gasteiger partial charge in [0.05, 0.1) is 13.2 Å². The van der Waals surface area contributed by atoms with Crippen molar-refractivity contribution in [2.45, 2.75) is 51.2 Å². The van der Waals surface area contributed by atoms with Crippen molar-refractivity contribution < 1.29 is 14.6 Å². The van der Waals surface area contributed by atoms with E-state index in [1.165, 1.54) is 25.7 Å². The van der Waals surface area contributed by atoms with Gasteiger partial charge in [0.1, 0.15) is 6.61 Å². The number of aliphatic hydroxyl groups excluding tert-OH is 1. The molecular weight excluding hydrogens is 266 g/mol. The van der Waals surface area contributed by atoms with Crippen LogP contribution in [0.25, 0.3) is 0 Å². The minimum atomic E-state index is -0.411. The number of nitrogens with two attached hydrogens (primary N) is 1. The highest BCUT2D eigenvalue weighted by molar-refractivity contribution is 5.43. The van der Waals surface area contributed by atoms with E-state index in [1.807, 2.05) is 25.1 Å². The normalized spacial score (nSPS) is 18.5. The maximum atomic E-state index is 10.1. The largest absolute Gasteiger partial charge is 0.493 e. The van der Waals surface area contributed by atoms with Crippen LogP contribution in [0.5, 0.6) is 11.5 Å². The summed E-state index contributed by atoms with van der Waals surface area (Å²) in [4.78, 5) is 0. The molecule has 2 atom stereocenters. The van der Waals surface area contributed by atoms with Crippen LogP contribution in [-0.2, 0) is 0 Å². The van der Waals surface area contributed by atoms with Crippen LogP contribution in [0, 0.1) is 5.92 Å². The number of benzene rings is 1. The summed E-state index contributed by atoms with van der Waals surface area (Å²) < 4.78 is 11.1. The summed E-state index contributed by atoms with van der Waals surface area (Å²) >= 11 is 0. The van der Waals surface area contributed by atoms with Gasteiger partial charge in [-0.25, -0.2) is 0 Å². The van der Waals surface area contributed by atoms with Crippen molar-refractivity contribution in [2.24, 2.45) is 11.7 Å². The van der Waals surface area contributed by atoms with E-state index in [4.69, 9.17) is 15.2 Å². The Bertz CT molecular complexity index is 442. The van der Waals surface area contributed by atoms with Crippen molar-refractivity contribution in [1.29, 1.82) is 0 Å². The molecule has 1 aromatic rings. The third-order valence-corrected chi connectivity index (χ3v) is 4.22. The van der Waals surface area contributed by atoms with Crippen LogP contribution in [0.15, 0.2) is 18.2 Å². The molecule has 3 N–H and O–H groups in total. The fraction of sp³-hybridized carbons (Fsp3) is 0.647. The SMILES string of the molecule is COc1cc([C@H](C)N)ccc1OCC(O)CC1CCCC1. The van der Waals surface area contributed by atoms with Crippen molar-refractivity contribution in [3.8, 4) is 11.5 Å². The summed E-state index contributed by atoms with van der Waals surface area (Å²) in [5, 5.41) is 10.1. The van der Waals surface area contributed by atoms with Gasteiger partial charge in [0, 0.05) is 6.04 Å². The second-order valence-corrected chi connectivity index (χ2v) is 6.05. The van der Waals surface area contributed by atoms with E-state index in [1.54, 1.807) is 7.11 Å². The first-order valence-corrected chi connectivity index (χ1v) is 7.84. The fourth-order valence-electron chi connectivity index (χ4n) is 2.97.